The number of allylic oxidation sites excluding steroid dienone is 4. The smallest absolute Gasteiger partial charge is 0.225 e. The van der Waals surface area contributed by atoms with E-state index in [0.29, 0.717) is 5.82 Å². The van der Waals surface area contributed by atoms with Gasteiger partial charge in [0, 0.05) is 5.92 Å². The second-order valence-electron chi connectivity index (χ2n) is 3.07. The van der Waals surface area contributed by atoms with E-state index in [0.717, 1.165) is 6.42 Å². The van der Waals surface area contributed by atoms with Crippen molar-refractivity contribution in [2.75, 3.05) is 11.5 Å². The van der Waals surface area contributed by atoms with Gasteiger partial charge in [0.2, 0.25) is 11.9 Å². The summed E-state index contributed by atoms with van der Waals surface area (Å²) in [5.74, 6) is 1.15. The standard InChI is InChI=1S/C9H11N5/c10-8-12-7(13-9(11)14-8)6-4-2-1-3-5-6/h1-4,6H,5H2,(H4,10,11,12,13,14). The summed E-state index contributed by atoms with van der Waals surface area (Å²) in [7, 11) is 0. The molecule has 0 saturated heterocycles. The molecule has 0 aromatic carbocycles. The van der Waals surface area contributed by atoms with Gasteiger partial charge in [0.25, 0.3) is 0 Å². The molecule has 1 aromatic heterocycles. The maximum atomic E-state index is 5.48. The van der Waals surface area contributed by atoms with Crippen molar-refractivity contribution < 1.29 is 0 Å². The molecule has 14 heavy (non-hydrogen) atoms. The summed E-state index contributed by atoms with van der Waals surface area (Å²) in [6.07, 6.45) is 8.91. The highest BCUT2D eigenvalue weighted by Crippen LogP contribution is 2.21. The molecule has 1 aromatic rings. The minimum absolute atomic E-state index is 0.160. The zero-order valence-electron chi connectivity index (χ0n) is 7.59. The first-order valence-electron chi connectivity index (χ1n) is 4.36. The van der Waals surface area contributed by atoms with Gasteiger partial charge in [-0.3, -0.25) is 0 Å². The second kappa shape index (κ2) is 3.45. The van der Waals surface area contributed by atoms with E-state index in [-0.39, 0.29) is 17.8 Å². The van der Waals surface area contributed by atoms with Crippen LogP contribution in [-0.4, -0.2) is 15.0 Å². The first-order chi connectivity index (χ1) is 6.75. The Labute approximate surface area is 81.6 Å². The van der Waals surface area contributed by atoms with Crippen LogP contribution >= 0.6 is 0 Å². The molecule has 5 heteroatoms. The Bertz CT molecular complexity index is 376. The molecule has 2 rings (SSSR count). The van der Waals surface area contributed by atoms with E-state index in [1.807, 2.05) is 18.2 Å². The molecule has 0 spiro atoms. The molecule has 1 aliphatic rings. The summed E-state index contributed by atoms with van der Waals surface area (Å²) in [5.41, 5.74) is 11.0. The lowest BCUT2D eigenvalue weighted by Crippen LogP contribution is -2.10. The van der Waals surface area contributed by atoms with Crippen LogP contribution in [0.15, 0.2) is 24.3 Å². The molecule has 5 nitrogen and oxygen atoms in total. The van der Waals surface area contributed by atoms with E-state index >= 15 is 0 Å². The van der Waals surface area contributed by atoms with E-state index in [2.05, 4.69) is 21.0 Å². The Morgan fingerprint density at radius 3 is 2.36 bits per heavy atom. The van der Waals surface area contributed by atoms with Crippen LogP contribution in [0.3, 0.4) is 0 Å². The van der Waals surface area contributed by atoms with Crippen molar-refractivity contribution in [2.24, 2.45) is 0 Å². The van der Waals surface area contributed by atoms with Gasteiger partial charge < -0.3 is 11.5 Å². The summed E-state index contributed by atoms with van der Waals surface area (Å²) in [6.45, 7) is 0. The molecule has 0 aliphatic heterocycles. The number of hydrogen-bond donors (Lipinski definition) is 2. The van der Waals surface area contributed by atoms with Gasteiger partial charge in [0.15, 0.2) is 0 Å². The highest BCUT2D eigenvalue weighted by molar-refractivity contribution is 5.29. The third-order valence-corrected chi connectivity index (χ3v) is 2.00. The lowest BCUT2D eigenvalue weighted by molar-refractivity contribution is 0.766. The number of hydrogen-bond acceptors (Lipinski definition) is 5. The van der Waals surface area contributed by atoms with E-state index < -0.39 is 0 Å². The fraction of sp³-hybridized carbons (Fsp3) is 0.222. The number of anilines is 2. The maximum absolute atomic E-state index is 5.48. The molecule has 0 saturated carbocycles. The molecule has 1 atom stereocenters. The van der Waals surface area contributed by atoms with Gasteiger partial charge in [-0.05, 0) is 6.42 Å². The minimum atomic E-state index is 0.160. The number of rotatable bonds is 1. The molecular weight excluding hydrogens is 178 g/mol. The lowest BCUT2D eigenvalue weighted by Gasteiger charge is -2.11. The van der Waals surface area contributed by atoms with Crippen molar-refractivity contribution in [1.82, 2.24) is 15.0 Å². The van der Waals surface area contributed by atoms with Gasteiger partial charge in [-0.15, -0.1) is 0 Å². The van der Waals surface area contributed by atoms with Crippen LogP contribution < -0.4 is 11.5 Å². The summed E-state index contributed by atoms with van der Waals surface area (Å²) >= 11 is 0. The molecule has 1 unspecified atom stereocenters. The quantitative estimate of drug-likeness (QED) is 0.676. The van der Waals surface area contributed by atoms with Crippen LogP contribution in [0.2, 0.25) is 0 Å². The van der Waals surface area contributed by atoms with Crippen molar-refractivity contribution in [3.05, 3.63) is 30.1 Å². The van der Waals surface area contributed by atoms with Crippen molar-refractivity contribution in [3.63, 3.8) is 0 Å². The van der Waals surface area contributed by atoms with Crippen LogP contribution in [0.1, 0.15) is 18.2 Å². The Morgan fingerprint density at radius 2 is 1.79 bits per heavy atom. The van der Waals surface area contributed by atoms with Crippen LogP contribution in [0, 0.1) is 0 Å². The zero-order chi connectivity index (χ0) is 9.97. The van der Waals surface area contributed by atoms with Crippen molar-refractivity contribution >= 4 is 11.9 Å². The summed E-state index contributed by atoms with van der Waals surface area (Å²) in [6, 6.07) is 0. The number of nitrogens with two attached hydrogens (primary N) is 2. The van der Waals surface area contributed by atoms with Gasteiger partial charge in [0.1, 0.15) is 5.82 Å². The summed E-state index contributed by atoms with van der Waals surface area (Å²) in [4.78, 5) is 11.8. The molecule has 0 radical (unpaired) electrons. The molecule has 1 aliphatic carbocycles. The molecular formula is C9H11N5. The number of aromatic nitrogens is 3. The maximum Gasteiger partial charge on any atom is 0.225 e. The summed E-state index contributed by atoms with van der Waals surface area (Å²) < 4.78 is 0. The van der Waals surface area contributed by atoms with Crippen LogP contribution in [0.4, 0.5) is 11.9 Å². The lowest BCUT2D eigenvalue weighted by atomic mass is 10.0. The largest absolute Gasteiger partial charge is 0.368 e. The van der Waals surface area contributed by atoms with Gasteiger partial charge in [-0.1, -0.05) is 24.3 Å². The second-order valence-corrected chi connectivity index (χ2v) is 3.07. The van der Waals surface area contributed by atoms with Gasteiger partial charge in [-0.25, -0.2) is 0 Å². The van der Waals surface area contributed by atoms with Gasteiger partial charge >= 0.3 is 0 Å². The van der Waals surface area contributed by atoms with E-state index in [1.165, 1.54) is 0 Å². The van der Waals surface area contributed by atoms with E-state index in [9.17, 15) is 0 Å². The zero-order valence-corrected chi connectivity index (χ0v) is 7.59. The molecule has 0 amide bonds. The Balaban J connectivity index is 2.32. The fourth-order valence-electron chi connectivity index (χ4n) is 1.36. The number of nitrogens with zero attached hydrogens (tertiary/aromatic N) is 3. The Hall–Kier alpha value is -1.91. The number of nitrogen functional groups attached to an aromatic ring is 2. The first-order valence-corrected chi connectivity index (χ1v) is 4.36. The van der Waals surface area contributed by atoms with Crippen LogP contribution in [0.5, 0.6) is 0 Å². The fourth-order valence-corrected chi connectivity index (χ4v) is 1.36. The average Bonchev–Trinajstić information content (AvgIpc) is 2.18. The highest BCUT2D eigenvalue weighted by Gasteiger charge is 2.13. The summed E-state index contributed by atoms with van der Waals surface area (Å²) in [5, 5.41) is 0. The first kappa shape index (κ1) is 8.68. The minimum Gasteiger partial charge on any atom is -0.368 e. The van der Waals surface area contributed by atoms with Crippen LogP contribution in [-0.2, 0) is 0 Å². The predicted octanol–water partition coefficient (Wildman–Crippen LogP) is 0.636. The monoisotopic (exact) mass is 189 g/mol. The Kier molecular flexibility index (Phi) is 2.14. The van der Waals surface area contributed by atoms with Crippen molar-refractivity contribution in [1.29, 1.82) is 0 Å². The van der Waals surface area contributed by atoms with Crippen molar-refractivity contribution in [3.8, 4) is 0 Å². The molecule has 4 N–H and O–H groups in total. The molecule has 0 bridgehead atoms. The predicted molar refractivity (Wildman–Crippen MR) is 54.3 cm³/mol. The normalized spacial score (nSPS) is 19.9. The third kappa shape index (κ3) is 1.71. The highest BCUT2D eigenvalue weighted by atomic mass is 15.1. The SMILES string of the molecule is Nc1nc(N)nc(C2C=CC=CC2)n1. The van der Waals surface area contributed by atoms with Gasteiger partial charge in [-0.2, -0.15) is 15.0 Å². The van der Waals surface area contributed by atoms with E-state index in [1.54, 1.807) is 0 Å². The topological polar surface area (TPSA) is 90.7 Å². The molecule has 1 heterocycles. The van der Waals surface area contributed by atoms with Crippen LogP contribution in [0.25, 0.3) is 0 Å². The van der Waals surface area contributed by atoms with Crippen molar-refractivity contribution in [2.45, 2.75) is 12.3 Å². The molecule has 72 valence electrons. The van der Waals surface area contributed by atoms with E-state index in [4.69, 9.17) is 11.5 Å². The van der Waals surface area contributed by atoms with Gasteiger partial charge in [0.05, 0.1) is 0 Å². The Morgan fingerprint density at radius 1 is 1.07 bits per heavy atom. The third-order valence-electron chi connectivity index (χ3n) is 2.00. The molecule has 0 fully saturated rings. The average molecular weight is 189 g/mol.